The van der Waals surface area contributed by atoms with Gasteiger partial charge in [-0.05, 0) is 49.8 Å². The van der Waals surface area contributed by atoms with Crippen LogP contribution in [0.3, 0.4) is 0 Å². The number of hydrogen-bond donors (Lipinski definition) is 3. The van der Waals surface area contributed by atoms with E-state index in [9.17, 15) is 10.2 Å². The molecule has 1 aromatic rings. The van der Waals surface area contributed by atoms with Crippen molar-refractivity contribution >= 4 is 0 Å². The van der Waals surface area contributed by atoms with E-state index in [1.807, 2.05) is 18.2 Å². The van der Waals surface area contributed by atoms with Crippen LogP contribution in [0, 0.1) is 0 Å². The molecule has 112 valence electrons. The molecule has 0 spiro atoms. The van der Waals surface area contributed by atoms with E-state index in [0.29, 0.717) is 13.0 Å². The van der Waals surface area contributed by atoms with Gasteiger partial charge in [-0.15, -0.1) is 0 Å². The highest BCUT2D eigenvalue weighted by Gasteiger charge is 2.28. The predicted molar refractivity (Wildman–Crippen MR) is 81.4 cm³/mol. The van der Waals surface area contributed by atoms with Gasteiger partial charge in [-0.3, -0.25) is 0 Å². The lowest BCUT2D eigenvalue weighted by atomic mass is 9.81. The number of rotatable bonds is 6. The Morgan fingerprint density at radius 1 is 1.20 bits per heavy atom. The molecule has 1 saturated carbocycles. The van der Waals surface area contributed by atoms with Crippen molar-refractivity contribution in [2.75, 3.05) is 6.54 Å². The molecule has 0 amide bonds. The molecule has 1 atom stereocenters. The molecular formula is C17H27NO2. The van der Waals surface area contributed by atoms with Crippen LogP contribution < -0.4 is 5.73 Å². The summed E-state index contributed by atoms with van der Waals surface area (Å²) < 4.78 is 0. The van der Waals surface area contributed by atoms with E-state index in [-0.39, 0.29) is 0 Å². The van der Waals surface area contributed by atoms with Crippen molar-refractivity contribution in [3.63, 3.8) is 0 Å². The maximum absolute atomic E-state index is 10.5. The van der Waals surface area contributed by atoms with E-state index < -0.39 is 11.7 Å². The SMILES string of the molecule is NCC[C@H](O)c1cccc(CCC2(O)CCCCC2)c1. The lowest BCUT2D eigenvalue weighted by Gasteiger charge is -2.32. The van der Waals surface area contributed by atoms with Crippen LogP contribution in [0.15, 0.2) is 24.3 Å². The van der Waals surface area contributed by atoms with E-state index in [1.54, 1.807) is 0 Å². The minimum Gasteiger partial charge on any atom is -0.390 e. The number of aliphatic hydroxyl groups excluding tert-OH is 1. The van der Waals surface area contributed by atoms with Gasteiger partial charge in [0.15, 0.2) is 0 Å². The zero-order chi connectivity index (χ0) is 14.4. The van der Waals surface area contributed by atoms with Crippen molar-refractivity contribution < 1.29 is 10.2 Å². The fourth-order valence-corrected chi connectivity index (χ4v) is 3.12. The van der Waals surface area contributed by atoms with Crippen molar-refractivity contribution in [1.82, 2.24) is 0 Å². The highest BCUT2D eigenvalue weighted by atomic mass is 16.3. The molecule has 1 aromatic carbocycles. The topological polar surface area (TPSA) is 66.5 Å². The van der Waals surface area contributed by atoms with Crippen LogP contribution in [0.5, 0.6) is 0 Å². The summed E-state index contributed by atoms with van der Waals surface area (Å²) in [7, 11) is 0. The van der Waals surface area contributed by atoms with Gasteiger partial charge in [0.1, 0.15) is 0 Å². The molecule has 1 aliphatic rings. The summed E-state index contributed by atoms with van der Waals surface area (Å²) in [6.07, 6.45) is 7.22. The quantitative estimate of drug-likeness (QED) is 0.749. The Morgan fingerprint density at radius 2 is 1.95 bits per heavy atom. The van der Waals surface area contributed by atoms with E-state index >= 15 is 0 Å². The van der Waals surface area contributed by atoms with Gasteiger partial charge in [-0.1, -0.05) is 43.5 Å². The second kappa shape index (κ2) is 7.21. The van der Waals surface area contributed by atoms with E-state index in [4.69, 9.17) is 5.73 Å². The largest absolute Gasteiger partial charge is 0.390 e. The molecule has 0 bridgehead atoms. The Kier molecular flexibility index (Phi) is 5.58. The van der Waals surface area contributed by atoms with Gasteiger partial charge in [0.25, 0.3) is 0 Å². The van der Waals surface area contributed by atoms with Crippen molar-refractivity contribution in [3.8, 4) is 0 Å². The summed E-state index contributed by atoms with van der Waals surface area (Å²) >= 11 is 0. The van der Waals surface area contributed by atoms with E-state index in [1.165, 1.54) is 12.0 Å². The Balaban J connectivity index is 1.94. The maximum atomic E-state index is 10.5. The number of aliphatic hydroxyl groups is 2. The standard InChI is InChI=1S/C17H27NO2/c18-12-8-16(19)15-6-4-5-14(13-15)7-11-17(20)9-2-1-3-10-17/h4-6,13,16,19-20H,1-3,7-12,18H2/t16-/m0/s1. The van der Waals surface area contributed by atoms with Gasteiger partial charge in [-0.25, -0.2) is 0 Å². The number of nitrogens with two attached hydrogens (primary N) is 1. The first-order valence-corrected chi connectivity index (χ1v) is 7.82. The van der Waals surface area contributed by atoms with Gasteiger partial charge >= 0.3 is 0 Å². The third-order valence-electron chi connectivity index (χ3n) is 4.44. The van der Waals surface area contributed by atoms with Crippen LogP contribution in [-0.2, 0) is 6.42 Å². The molecule has 3 nitrogen and oxygen atoms in total. The fraction of sp³-hybridized carbons (Fsp3) is 0.647. The average molecular weight is 277 g/mol. The summed E-state index contributed by atoms with van der Waals surface area (Å²) in [5.41, 5.74) is 7.14. The minimum atomic E-state index is -0.474. The molecule has 0 heterocycles. The van der Waals surface area contributed by atoms with Crippen LogP contribution in [0.1, 0.15) is 62.2 Å². The Hall–Kier alpha value is -0.900. The van der Waals surface area contributed by atoms with Gasteiger partial charge in [-0.2, -0.15) is 0 Å². The number of benzene rings is 1. The zero-order valence-corrected chi connectivity index (χ0v) is 12.2. The monoisotopic (exact) mass is 277 g/mol. The second-order valence-corrected chi connectivity index (χ2v) is 6.12. The highest BCUT2D eigenvalue weighted by molar-refractivity contribution is 5.25. The summed E-state index contributed by atoms with van der Waals surface area (Å²) in [5, 5.41) is 20.5. The molecule has 4 N–H and O–H groups in total. The summed E-state index contributed by atoms with van der Waals surface area (Å²) in [6.45, 7) is 0.491. The van der Waals surface area contributed by atoms with Crippen molar-refractivity contribution in [1.29, 1.82) is 0 Å². The molecular weight excluding hydrogens is 250 g/mol. The lowest BCUT2D eigenvalue weighted by Crippen LogP contribution is -2.31. The average Bonchev–Trinajstić information content (AvgIpc) is 2.47. The predicted octanol–water partition coefficient (Wildman–Crippen LogP) is 2.70. The molecule has 2 rings (SSSR count). The number of aryl methyl sites for hydroxylation is 1. The van der Waals surface area contributed by atoms with Gasteiger partial charge in [0.05, 0.1) is 11.7 Å². The molecule has 0 unspecified atom stereocenters. The Morgan fingerprint density at radius 3 is 2.65 bits per heavy atom. The second-order valence-electron chi connectivity index (χ2n) is 6.12. The molecule has 0 radical (unpaired) electrons. The summed E-state index contributed by atoms with van der Waals surface area (Å²) in [6, 6.07) is 8.05. The zero-order valence-electron chi connectivity index (χ0n) is 12.2. The van der Waals surface area contributed by atoms with Crippen LogP contribution in [0.2, 0.25) is 0 Å². The van der Waals surface area contributed by atoms with Crippen molar-refractivity contribution in [2.24, 2.45) is 5.73 Å². The Bertz CT molecular complexity index is 413. The third kappa shape index (κ3) is 4.30. The van der Waals surface area contributed by atoms with Crippen molar-refractivity contribution in [3.05, 3.63) is 35.4 Å². The third-order valence-corrected chi connectivity index (χ3v) is 4.44. The van der Waals surface area contributed by atoms with Crippen LogP contribution in [0.4, 0.5) is 0 Å². The van der Waals surface area contributed by atoms with Crippen molar-refractivity contribution in [2.45, 2.75) is 63.1 Å². The van der Waals surface area contributed by atoms with E-state index in [0.717, 1.165) is 44.1 Å². The van der Waals surface area contributed by atoms with Crippen LogP contribution >= 0.6 is 0 Å². The first-order valence-electron chi connectivity index (χ1n) is 7.82. The summed E-state index contributed by atoms with van der Waals surface area (Å²) in [5.74, 6) is 0. The first-order chi connectivity index (χ1) is 9.63. The fourth-order valence-electron chi connectivity index (χ4n) is 3.12. The Labute approximate surface area is 121 Å². The lowest BCUT2D eigenvalue weighted by molar-refractivity contribution is -0.00342. The molecule has 0 aliphatic heterocycles. The minimum absolute atomic E-state index is 0.468. The van der Waals surface area contributed by atoms with E-state index in [2.05, 4.69) is 6.07 Å². The van der Waals surface area contributed by atoms with Gasteiger partial charge < -0.3 is 15.9 Å². The highest BCUT2D eigenvalue weighted by Crippen LogP contribution is 2.32. The van der Waals surface area contributed by atoms with Gasteiger partial charge in [0.2, 0.25) is 0 Å². The molecule has 3 heteroatoms. The molecule has 1 fully saturated rings. The number of hydrogen-bond acceptors (Lipinski definition) is 3. The molecule has 0 saturated heterocycles. The smallest absolute Gasteiger partial charge is 0.0802 e. The van der Waals surface area contributed by atoms with Crippen LogP contribution in [0.25, 0.3) is 0 Å². The molecule has 20 heavy (non-hydrogen) atoms. The van der Waals surface area contributed by atoms with Gasteiger partial charge in [0, 0.05) is 0 Å². The maximum Gasteiger partial charge on any atom is 0.0802 e. The molecule has 1 aliphatic carbocycles. The van der Waals surface area contributed by atoms with Crippen LogP contribution in [-0.4, -0.2) is 22.4 Å². The first kappa shape index (κ1) is 15.5. The summed E-state index contributed by atoms with van der Waals surface area (Å²) in [4.78, 5) is 0. The molecule has 0 aromatic heterocycles. The normalized spacial score (nSPS) is 19.8.